The van der Waals surface area contributed by atoms with Crippen molar-refractivity contribution in [2.75, 3.05) is 0 Å². The van der Waals surface area contributed by atoms with E-state index in [-0.39, 0.29) is 21.6 Å². The minimum atomic E-state index is -4.81. The average molecular weight is 244 g/mol. The molecule has 1 rings (SSSR count). The van der Waals surface area contributed by atoms with Gasteiger partial charge in [0.2, 0.25) is 0 Å². The van der Waals surface area contributed by atoms with Crippen LogP contribution in [0, 0.1) is 0 Å². The lowest BCUT2D eigenvalue weighted by molar-refractivity contribution is -0.274. The number of rotatable bonds is 2. The second-order valence-corrected chi connectivity index (χ2v) is 3.18. The molecule has 1 aromatic rings. The molecule has 2 nitrogen and oxygen atoms in total. The molecule has 0 fully saturated rings. The summed E-state index contributed by atoms with van der Waals surface area (Å²) < 4.78 is 49.3. The second-order valence-electron chi connectivity index (χ2n) is 2.20. The molecule has 0 aromatic heterocycles. The van der Waals surface area contributed by atoms with Crippen LogP contribution in [0.25, 0.3) is 0 Å². The van der Waals surface area contributed by atoms with Gasteiger partial charge in [0.15, 0.2) is 10.8 Å². The van der Waals surface area contributed by atoms with Crippen LogP contribution < -0.4 is 4.74 Å². The highest BCUT2D eigenvalue weighted by molar-refractivity contribution is 7.65. The Morgan fingerprint density at radius 1 is 1.36 bits per heavy atom. The molecule has 0 atom stereocenters. The summed E-state index contributed by atoms with van der Waals surface area (Å²) in [5.41, 5.74) is 0. The van der Waals surface area contributed by atoms with Crippen LogP contribution in [0.1, 0.15) is 0 Å². The zero-order valence-electron chi connectivity index (χ0n) is 6.47. The standard InChI is InChI=1S/C7H3ClF3O2S/c8-6-4(13-7(9,10)11)2-1-3-5(6)14-12/h1-3H/q+1. The molecule has 0 heterocycles. The summed E-state index contributed by atoms with van der Waals surface area (Å²) in [5, 5.41) is -0.329. The third-order valence-electron chi connectivity index (χ3n) is 1.24. The van der Waals surface area contributed by atoms with Crippen LogP contribution in [0.2, 0.25) is 5.02 Å². The molecule has 7 heteroatoms. The Labute approximate surface area is 86.1 Å². The summed E-state index contributed by atoms with van der Waals surface area (Å²) in [5.74, 6) is -0.569. The van der Waals surface area contributed by atoms with E-state index in [1.807, 2.05) is 0 Å². The molecule has 0 amide bonds. The molecule has 0 N–H and O–H groups in total. The van der Waals surface area contributed by atoms with Crippen LogP contribution in [0.3, 0.4) is 0 Å². The van der Waals surface area contributed by atoms with Crippen LogP contribution in [0.5, 0.6) is 5.75 Å². The molecule has 0 saturated heterocycles. The lowest BCUT2D eigenvalue weighted by Gasteiger charge is -2.08. The van der Waals surface area contributed by atoms with Crippen LogP contribution in [0.4, 0.5) is 13.2 Å². The van der Waals surface area contributed by atoms with Crippen molar-refractivity contribution in [3.63, 3.8) is 0 Å². The monoisotopic (exact) mass is 243 g/mol. The molecule has 0 bridgehead atoms. The Morgan fingerprint density at radius 2 is 2.00 bits per heavy atom. The van der Waals surface area contributed by atoms with E-state index in [0.29, 0.717) is 0 Å². The fraction of sp³-hybridized carbons (Fsp3) is 0.143. The van der Waals surface area contributed by atoms with Crippen molar-refractivity contribution in [3.05, 3.63) is 23.2 Å². The van der Waals surface area contributed by atoms with Gasteiger partial charge in [0, 0.05) is 10.3 Å². The fourth-order valence-electron chi connectivity index (χ4n) is 0.759. The highest BCUT2D eigenvalue weighted by Crippen LogP contribution is 2.32. The Morgan fingerprint density at radius 3 is 2.50 bits per heavy atom. The van der Waals surface area contributed by atoms with Crippen LogP contribution in [-0.4, -0.2) is 6.36 Å². The zero-order chi connectivity index (χ0) is 10.8. The topological polar surface area (TPSA) is 26.3 Å². The lowest BCUT2D eigenvalue weighted by Crippen LogP contribution is -2.17. The predicted octanol–water partition coefficient (Wildman–Crippen LogP) is 3.03. The number of benzene rings is 1. The Bertz CT molecular complexity index is 353. The number of hydrogen-bond acceptors (Lipinski definition) is 2. The maximum absolute atomic E-state index is 11.8. The summed E-state index contributed by atoms with van der Waals surface area (Å²) >= 11 is 5.48. The van der Waals surface area contributed by atoms with E-state index in [0.717, 1.165) is 6.07 Å². The molecule has 0 radical (unpaired) electrons. The zero-order valence-corrected chi connectivity index (χ0v) is 8.04. The van der Waals surface area contributed by atoms with Gasteiger partial charge >= 0.3 is 22.9 Å². The van der Waals surface area contributed by atoms with E-state index in [9.17, 15) is 17.4 Å². The summed E-state index contributed by atoms with van der Waals surface area (Å²) in [7, 11) is 0. The Kier molecular flexibility index (Phi) is 3.28. The van der Waals surface area contributed by atoms with Crippen molar-refractivity contribution < 1.29 is 22.1 Å². The van der Waals surface area contributed by atoms with Crippen molar-refractivity contribution in [2.24, 2.45) is 0 Å². The minimum absolute atomic E-state index is 0.00610. The first-order valence-corrected chi connectivity index (χ1v) is 4.40. The molecule has 76 valence electrons. The number of hydrogen-bond donors (Lipinski definition) is 0. The molecule has 14 heavy (non-hydrogen) atoms. The van der Waals surface area contributed by atoms with Gasteiger partial charge in [-0.1, -0.05) is 17.7 Å². The highest BCUT2D eigenvalue weighted by Gasteiger charge is 2.33. The second kappa shape index (κ2) is 4.10. The molecule has 0 aliphatic heterocycles. The molecule has 0 unspecified atom stereocenters. The fourth-order valence-corrected chi connectivity index (χ4v) is 1.33. The largest absolute Gasteiger partial charge is 0.573 e. The average Bonchev–Trinajstić information content (AvgIpc) is 2.06. The van der Waals surface area contributed by atoms with E-state index in [4.69, 9.17) is 11.6 Å². The summed E-state index contributed by atoms with van der Waals surface area (Å²) in [6.07, 6.45) is -4.81. The summed E-state index contributed by atoms with van der Waals surface area (Å²) in [6.45, 7) is 0. The predicted molar refractivity (Wildman–Crippen MR) is 44.5 cm³/mol. The van der Waals surface area contributed by atoms with Gasteiger partial charge in [-0.25, -0.2) is 0 Å². The molecule has 0 spiro atoms. The van der Waals surface area contributed by atoms with Crippen LogP contribution >= 0.6 is 11.6 Å². The van der Waals surface area contributed by atoms with Gasteiger partial charge < -0.3 is 4.74 Å². The van der Waals surface area contributed by atoms with Crippen molar-refractivity contribution in [1.29, 1.82) is 0 Å². The van der Waals surface area contributed by atoms with E-state index >= 15 is 0 Å². The van der Waals surface area contributed by atoms with Gasteiger partial charge in [-0.2, -0.15) is 0 Å². The van der Waals surface area contributed by atoms with Gasteiger partial charge in [0.25, 0.3) is 0 Å². The Balaban J connectivity index is 3.04. The maximum Gasteiger partial charge on any atom is 0.573 e. The maximum atomic E-state index is 11.8. The first-order chi connectivity index (χ1) is 6.44. The quantitative estimate of drug-likeness (QED) is 0.747. The van der Waals surface area contributed by atoms with Gasteiger partial charge in [-0.3, -0.25) is 0 Å². The molecule has 0 aliphatic carbocycles. The third-order valence-corrected chi connectivity index (χ3v) is 2.27. The van der Waals surface area contributed by atoms with Crippen molar-refractivity contribution in [3.8, 4) is 5.75 Å². The van der Waals surface area contributed by atoms with Gasteiger partial charge in [0.1, 0.15) is 0 Å². The first-order valence-electron chi connectivity index (χ1n) is 3.28. The number of ether oxygens (including phenoxy) is 1. The first kappa shape index (κ1) is 11.2. The molecule has 0 saturated carbocycles. The Hall–Kier alpha value is -0.880. The van der Waals surface area contributed by atoms with Gasteiger partial charge in [0.05, 0.1) is 0 Å². The summed E-state index contributed by atoms with van der Waals surface area (Å²) in [6, 6.07) is 3.60. The minimum Gasteiger partial charge on any atom is -0.404 e. The smallest absolute Gasteiger partial charge is 0.404 e. The number of alkyl halides is 3. The molecule has 1 aromatic carbocycles. The summed E-state index contributed by atoms with van der Waals surface area (Å²) in [4.78, 5) is -0.00610. The van der Waals surface area contributed by atoms with Crippen molar-refractivity contribution in [2.45, 2.75) is 11.3 Å². The van der Waals surface area contributed by atoms with Gasteiger partial charge in [-0.15, -0.1) is 13.2 Å². The number of halogens is 4. The normalized spacial score (nSPS) is 11.1. The SMILES string of the molecule is O=[S+]c1cccc(OC(F)(F)F)c1Cl. The van der Waals surface area contributed by atoms with E-state index in [1.54, 1.807) is 0 Å². The third kappa shape index (κ3) is 2.81. The van der Waals surface area contributed by atoms with E-state index in [2.05, 4.69) is 4.74 Å². The molecule has 0 aliphatic rings. The van der Waals surface area contributed by atoms with Crippen LogP contribution in [0.15, 0.2) is 23.1 Å². The van der Waals surface area contributed by atoms with E-state index in [1.165, 1.54) is 12.1 Å². The lowest BCUT2D eigenvalue weighted by atomic mass is 10.3. The molecular weight excluding hydrogens is 241 g/mol. The van der Waals surface area contributed by atoms with Crippen molar-refractivity contribution >= 4 is 23.3 Å². The van der Waals surface area contributed by atoms with E-state index < -0.39 is 12.1 Å². The van der Waals surface area contributed by atoms with Crippen molar-refractivity contribution in [1.82, 2.24) is 0 Å². The van der Waals surface area contributed by atoms with Crippen LogP contribution in [-0.2, 0) is 15.9 Å². The van der Waals surface area contributed by atoms with Gasteiger partial charge in [-0.05, 0) is 6.07 Å². The molecular formula is C7H3ClF3O2S+. The highest BCUT2D eigenvalue weighted by atomic mass is 35.5.